The molecule has 0 saturated heterocycles. The third kappa shape index (κ3) is 4.99. The van der Waals surface area contributed by atoms with Crippen LogP contribution in [0.5, 0.6) is 11.5 Å². The number of methoxy groups -OCH3 is 1. The number of benzene rings is 2. The monoisotopic (exact) mass is 341 g/mol. The molecule has 3 nitrogen and oxygen atoms in total. The summed E-state index contributed by atoms with van der Waals surface area (Å²) in [5.74, 6) is 1.24. The summed E-state index contributed by atoms with van der Waals surface area (Å²) in [7, 11) is 1.66. The fourth-order valence-corrected chi connectivity index (χ4v) is 3.52. The molecule has 0 radical (unpaired) electrons. The van der Waals surface area contributed by atoms with Gasteiger partial charge < -0.3 is 9.84 Å². The molecule has 0 spiro atoms. The molecule has 0 aliphatic rings. The quantitative estimate of drug-likeness (QED) is 0.730. The molecule has 0 bridgehead atoms. The molecule has 0 aliphatic heterocycles. The lowest BCUT2D eigenvalue weighted by molar-refractivity contribution is 0.170. The summed E-state index contributed by atoms with van der Waals surface area (Å²) in [6, 6.07) is 16.9. The van der Waals surface area contributed by atoms with Gasteiger partial charge >= 0.3 is 0 Å². The van der Waals surface area contributed by atoms with E-state index in [0.29, 0.717) is 17.8 Å². The molecule has 0 amide bonds. The van der Waals surface area contributed by atoms with Crippen molar-refractivity contribution in [3.63, 3.8) is 0 Å². The van der Waals surface area contributed by atoms with Gasteiger partial charge in [0, 0.05) is 23.6 Å². The Bertz CT molecular complexity index is 644. The molecule has 1 unspecified atom stereocenters. The van der Waals surface area contributed by atoms with E-state index in [2.05, 4.69) is 56.9 Å². The Morgan fingerprint density at radius 3 is 2.16 bits per heavy atom. The number of hydrogen-bond donors (Lipinski definition) is 1. The van der Waals surface area contributed by atoms with Crippen molar-refractivity contribution in [2.24, 2.45) is 0 Å². The Morgan fingerprint density at radius 2 is 1.60 bits per heavy atom. The first kappa shape index (κ1) is 19.3. The number of ether oxygens (including phenoxy) is 1. The average Bonchev–Trinajstić information content (AvgIpc) is 2.59. The van der Waals surface area contributed by atoms with Crippen LogP contribution < -0.4 is 4.74 Å². The predicted molar refractivity (Wildman–Crippen MR) is 105 cm³/mol. The van der Waals surface area contributed by atoms with Gasteiger partial charge in [0.1, 0.15) is 11.5 Å². The smallest absolute Gasteiger partial charge is 0.119 e. The first-order valence-electron chi connectivity index (χ1n) is 9.11. The van der Waals surface area contributed by atoms with Gasteiger partial charge in [0.15, 0.2) is 0 Å². The second-order valence-electron chi connectivity index (χ2n) is 7.10. The Hall–Kier alpha value is -2.00. The zero-order valence-electron chi connectivity index (χ0n) is 16.1. The van der Waals surface area contributed by atoms with Gasteiger partial charge in [-0.1, -0.05) is 30.3 Å². The van der Waals surface area contributed by atoms with Crippen LogP contribution in [0.2, 0.25) is 0 Å². The largest absolute Gasteiger partial charge is 0.508 e. The zero-order chi connectivity index (χ0) is 18.4. The van der Waals surface area contributed by atoms with Crippen molar-refractivity contribution in [2.75, 3.05) is 13.7 Å². The van der Waals surface area contributed by atoms with Crippen LogP contribution in [0.15, 0.2) is 48.5 Å². The van der Waals surface area contributed by atoms with Gasteiger partial charge in [0.05, 0.1) is 7.11 Å². The third-order valence-electron chi connectivity index (χ3n) is 4.81. The summed E-state index contributed by atoms with van der Waals surface area (Å²) in [6.45, 7) is 9.92. The number of hydrogen-bond acceptors (Lipinski definition) is 3. The van der Waals surface area contributed by atoms with Gasteiger partial charge in [-0.05, 0) is 64.4 Å². The van der Waals surface area contributed by atoms with Gasteiger partial charge in [0.25, 0.3) is 0 Å². The van der Waals surface area contributed by atoms with Gasteiger partial charge in [-0.2, -0.15) is 0 Å². The fraction of sp³-hybridized carbons (Fsp3) is 0.455. The van der Waals surface area contributed by atoms with Crippen molar-refractivity contribution in [1.29, 1.82) is 0 Å². The highest BCUT2D eigenvalue weighted by Crippen LogP contribution is 2.36. The molecule has 2 rings (SSSR count). The zero-order valence-corrected chi connectivity index (χ0v) is 16.1. The minimum absolute atomic E-state index is 0.135. The molecule has 0 aromatic heterocycles. The van der Waals surface area contributed by atoms with Crippen LogP contribution in [0.1, 0.15) is 51.2 Å². The van der Waals surface area contributed by atoms with Crippen LogP contribution >= 0.6 is 0 Å². The maximum absolute atomic E-state index is 10.5. The second-order valence-corrected chi connectivity index (χ2v) is 7.10. The SMILES string of the molecule is COc1ccc(O)c(C(CCN(C(C)C)C(C)C)c2ccccc2)c1. The van der Waals surface area contributed by atoms with E-state index in [1.54, 1.807) is 19.2 Å². The lowest BCUT2D eigenvalue weighted by Gasteiger charge is -2.32. The number of nitrogens with zero attached hydrogens (tertiary/aromatic N) is 1. The van der Waals surface area contributed by atoms with Crippen molar-refractivity contribution >= 4 is 0 Å². The van der Waals surface area contributed by atoms with Gasteiger partial charge in [-0.15, -0.1) is 0 Å². The summed E-state index contributed by atoms with van der Waals surface area (Å²) < 4.78 is 5.38. The summed E-state index contributed by atoms with van der Waals surface area (Å²) in [5, 5.41) is 10.5. The van der Waals surface area contributed by atoms with Crippen molar-refractivity contribution in [1.82, 2.24) is 4.90 Å². The molecule has 1 N–H and O–H groups in total. The van der Waals surface area contributed by atoms with Crippen molar-refractivity contribution in [3.8, 4) is 11.5 Å². The Labute approximate surface area is 152 Å². The second kappa shape index (κ2) is 8.91. The van der Waals surface area contributed by atoms with E-state index >= 15 is 0 Å². The highest BCUT2D eigenvalue weighted by molar-refractivity contribution is 5.45. The highest BCUT2D eigenvalue weighted by Gasteiger charge is 2.21. The Kier molecular flexibility index (Phi) is 6.89. The van der Waals surface area contributed by atoms with Crippen LogP contribution in [0.3, 0.4) is 0 Å². The number of phenols is 1. The number of phenolic OH excluding ortho intramolecular Hbond substituents is 1. The summed E-state index contributed by atoms with van der Waals surface area (Å²) in [4.78, 5) is 2.49. The van der Waals surface area contributed by atoms with Crippen molar-refractivity contribution < 1.29 is 9.84 Å². The van der Waals surface area contributed by atoms with E-state index in [0.717, 1.165) is 24.3 Å². The molecule has 25 heavy (non-hydrogen) atoms. The first-order valence-corrected chi connectivity index (χ1v) is 9.11. The van der Waals surface area contributed by atoms with Crippen LogP contribution in [0, 0.1) is 0 Å². The minimum Gasteiger partial charge on any atom is -0.508 e. The topological polar surface area (TPSA) is 32.7 Å². The molecule has 0 heterocycles. The lowest BCUT2D eigenvalue weighted by Crippen LogP contribution is -2.38. The summed E-state index contributed by atoms with van der Waals surface area (Å²) >= 11 is 0. The molecule has 1 atom stereocenters. The first-order chi connectivity index (χ1) is 11.9. The van der Waals surface area contributed by atoms with E-state index in [1.165, 1.54) is 5.56 Å². The van der Waals surface area contributed by atoms with E-state index in [-0.39, 0.29) is 5.92 Å². The van der Waals surface area contributed by atoms with Gasteiger partial charge in [-0.3, -0.25) is 4.90 Å². The van der Waals surface area contributed by atoms with Crippen LogP contribution in [-0.2, 0) is 0 Å². The molecular formula is C22H31NO2. The van der Waals surface area contributed by atoms with E-state index in [1.807, 2.05) is 12.1 Å². The molecule has 0 aliphatic carbocycles. The molecular weight excluding hydrogens is 310 g/mol. The normalized spacial score (nSPS) is 12.8. The van der Waals surface area contributed by atoms with Gasteiger partial charge in [-0.25, -0.2) is 0 Å². The molecule has 0 saturated carbocycles. The highest BCUT2D eigenvalue weighted by atomic mass is 16.5. The summed E-state index contributed by atoms with van der Waals surface area (Å²) in [6.07, 6.45) is 0.946. The number of rotatable bonds is 8. The third-order valence-corrected chi connectivity index (χ3v) is 4.81. The van der Waals surface area contributed by atoms with E-state index in [9.17, 15) is 5.11 Å². The average molecular weight is 341 g/mol. The lowest BCUT2D eigenvalue weighted by atomic mass is 9.87. The minimum atomic E-state index is 0.135. The predicted octanol–water partition coefficient (Wildman–Crippen LogP) is 5.04. The Morgan fingerprint density at radius 1 is 0.960 bits per heavy atom. The summed E-state index contributed by atoms with van der Waals surface area (Å²) in [5.41, 5.74) is 2.15. The van der Waals surface area contributed by atoms with E-state index in [4.69, 9.17) is 4.74 Å². The maximum atomic E-state index is 10.5. The standard InChI is InChI=1S/C22H31NO2/c1-16(2)23(17(3)4)14-13-20(18-9-7-6-8-10-18)21-15-19(25-5)11-12-22(21)24/h6-12,15-17,20,24H,13-14H2,1-5H3. The van der Waals surface area contributed by atoms with Crippen molar-refractivity contribution in [3.05, 3.63) is 59.7 Å². The van der Waals surface area contributed by atoms with Crippen molar-refractivity contribution in [2.45, 2.75) is 52.1 Å². The Balaban J connectivity index is 2.35. The fourth-order valence-electron chi connectivity index (χ4n) is 3.52. The van der Waals surface area contributed by atoms with Crippen LogP contribution in [0.25, 0.3) is 0 Å². The van der Waals surface area contributed by atoms with Crippen LogP contribution in [-0.4, -0.2) is 35.7 Å². The molecule has 2 aromatic carbocycles. The number of aromatic hydroxyl groups is 1. The molecule has 2 aromatic rings. The van der Waals surface area contributed by atoms with Crippen LogP contribution in [0.4, 0.5) is 0 Å². The van der Waals surface area contributed by atoms with E-state index < -0.39 is 0 Å². The molecule has 3 heteroatoms. The molecule has 0 fully saturated rings. The maximum Gasteiger partial charge on any atom is 0.119 e. The van der Waals surface area contributed by atoms with Gasteiger partial charge in [0.2, 0.25) is 0 Å². The molecule has 136 valence electrons.